The van der Waals surface area contributed by atoms with Crippen LogP contribution >= 0.6 is 0 Å². The minimum atomic E-state index is -3.07. The molecule has 0 unspecified atom stereocenters. The maximum absolute atomic E-state index is 11.9. The summed E-state index contributed by atoms with van der Waals surface area (Å²) < 4.78 is 32.7. The summed E-state index contributed by atoms with van der Waals surface area (Å²) in [7, 11) is 1.24. The van der Waals surface area contributed by atoms with Gasteiger partial charge in [-0.15, -0.1) is 0 Å². The minimum absolute atomic E-state index is 0.0272. The number of carbonyl (C=O) groups is 1. The topological polar surface area (TPSA) is 55.8 Å². The Bertz CT molecular complexity index is 365. The molecule has 82 valence electrons. The van der Waals surface area contributed by atoms with Gasteiger partial charge in [0, 0.05) is 0 Å². The number of methoxy groups -OCH3 is 1. The van der Waals surface area contributed by atoms with Crippen LogP contribution in [0.25, 0.3) is 0 Å². The first kappa shape index (κ1) is 11.2. The normalized spacial score (nSPS) is 10.1. The lowest BCUT2D eigenvalue weighted by molar-refractivity contribution is -0.0504. The molecule has 0 radical (unpaired) electrons. The first-order valence-electron chi connectivity index (χ1n) is 3.91. The van der Waals surface area contributed by atoms with Crippen molar-refractivity contribution in [1.82, 2.24) is 0 Å². The maximum atomic E-state index is 11.9. The van der Waals surface area contributed by atoms with Gasteiger partial charge in [0.2, 0.25) is 0 Å². The molecule has 1 rings (SSSR count). The van der Waals surface area contributed by atoms with Gasteiger partial charge in [-0.1, -0.05) is 6.07 Å². The molecule has 0 bridgehead atoms. The Labute approximate surface area is 84.0 Å². The van der Waals surface area contributed by atoms with Crippen molar-refractivity contribution in [3.63, 3.8) is 0 Å². The van der Waals surface area contributed by atoms with Crippen molar-refractivity contribution < 1.29 is 28.2 Å². The molecule has 0 aromatic heterocycles. The number of hydrogen-bond donors (Lipinski definition) is 1. The second kappa shape index (κ2) is 4.59. The summed E-state index contributed by atoms with van der Waals surface area (Å²) in [6.07, 6.45) is 0. The zero-order valence-corrected chi connectivity index (χ0v) is 7.74. The highest BCUT2D eigenvalue weighted by Crippen LogP contribution is 2.29. The molecule has 0 aliphatic heterocycles. The van der Waals surface area contributed by atoms with Crippen LogP contribution in [0.4, 0.5) is 8.78 Å². The number of ether oxygens (including phenoxy) is 2. The monoisotopic (exact) mass is 218 g/mol. The Morgan fingerprint density at radius 2 is 2.00 bits per heavy atom. The molecule has 0 spiro atoms. The zero-order valence-electron chi connectivity index (χ0n) is 7.74. The molecule has 0 aliphatic carbocycles. The Kier molecular flexibility index (Phi) is 3.43. The van der Waals surface area contributed by atoms with Gasteiger partial charge in [-0.2, -0.15) is 8.78 Å². The van der Waals surface area contributed by atoms with Gasteiger partial charge in [0.1, 0.15) is 17.1 Å². The van der Waals surface area contributed by atoms with Crippen molar-refractivity contribution >= 4 is 5.97 Å². The minimum Gasteiger partial charge on any atom is -0.496 e. The molecule has 6 heteroatoms. The van der Waals surface area contributed by atoms with E-state index in [0.29, 0.717) is 0 Å². The third-order valence-electron chi connectivity index (χ3n) is 1.64. The Balaban J connectivity index is 3.19. The molecule has 1 aromatic carbocycles. The fourth-order valence-electron chi connectivity index (χ4n) is 1.09. The second-order valence-corrected chi connectivity index (χ2v) is 2.52. The van der Waals surface area contributed by atoms with Crippen LogP contribution < -0.4 is 9.47 Å². The van der Waals surface area contributed by atoms with Crippen LogP contribution in [0.2, 0.25) is 0 Å². The molecule has 0 fully saturated rings. The third kappa shape index (κ3) is 2.55. The lowest BCUT2D eigenvalue weighted by Crippen LogP contribution is -2.09. The summed E-state index contributed by atoms with van der Waals surface area (Å²) in [5, 5.41) is 8.79. The lowest BCUT2D eigenvalue weighted by atomic mass is 10.2. The summed E-state index contributed by atoms with van der Waals surface area (Å²) >= 11 is 0. The van der Waals surface area contributed by atoms with E-state index in [1.807, 2.05) is 0 Å². The predicted molar refractivity (Wildman–Crippen MR) is 46.6 cm³/mol. The first-order valence-corrected chi connectivity index (χ1v) is 3.91. The third-order valence-corrected chi connectivity index (χ3v) is 1.64. The van der Waals surface area contributed by atoms with Crippen molar-refractivity contribution in [1.29, 1.82) is 0 Å². The van der Waals surface area contributed by atoms with Crippen molar-refractivity contribution in [3.8, 4) is 11.5 Å². The number of hydrogen-bond acceptors (Lipinski definition) is 3. The van der Waals surface area contributed by atoms with E-state index in [-0.39, 0.29) is 5.75 Å². The fraction of sp³-hybridized carbons (Fsp3) is 0.222. The fourth-order valence-corrected chi connectivity index (χ4v) is 1.09. The Morgan fingerprint density at radius 1 is 1.40 bits per heavy atom. The highest BCUT2D eigenvalue weighted by Gasteiger charge is 2.19. The molecule has 0 amide bonds. The standard InChI is InChI=1S/C9H8F2O4/c1-14-5-3-2-4-6(15-9(10)11)7(5)8(12)13/h2-4,9H,1H3,(H,12,13). The molecular formula is C9H8F2O4. The van der Waals surface area contributed by atoms with E-state index in [1.165, 1.54) is 19.2 Å². The first-order chi connectivity index (χ1) is 7.06. The summed E-state index contributed by atoms with van der Waals surface area (Å²) in [5.74, 6) is -1.83. The quantitative estimate of drug-likeness (QED) is 0.839. The summed E-state index contributed by atoms with van der Waals surface area (Å²) in [5.41, 5.74) is -0.416. The summed E-state index contributed by atoms with van der Waals surface area (Å²) in [6.45, 7) is -3.07. The van der Waals surface area contributed by atoms with Crippen LogP contribution in [0.5, 0.6) is 11.5 Å². The van der Waals surface area contributed by atoms with Crippen LogP contribution in [-0.2, 0) is 0 Å². The molecule has 0 atom stereocenters. The average molecular weight is 218 g/mol. The Hall–Kier alpha value is -1.85. The number of aromatic carboxylic acids is 1. The van der Waals surface area contributed by atoms with Crippen molar-refractivity contribution in [2.24, 2.45) is 0 Å². The number of carboxylic acid groups (broad SMARTS) is 1. The van der Waals surface area contributed by atoms with Crippen LogP contribution in [0.3, 0.4) is 0 Å². The molecule has 1 aromatic rings. The molecule has 0 saturated carbocycles. The van der Waals surface area contributed by atoms with Gasteiger partial charge < -0.3 is 14.6 Å². The SMILES string of the molecule is COc1cccc(OC(F)F)c1C(=O)O. The number of alkyl halides is 2. The van der Waals surface area contributed by atoms with E-state index in [0.717, 1.165) is 6.07 Å². The van der Waals surface area contributed by atoms with Gasteiger partial charge in [-0.25, -0.2) is 4.79 Å². The number of rotatable bonds is 4. The van der Waals surface area contributed by atoms with Crippen LogP contribution in [0.15, 0.2) is 18.2 Å². The van der Waals surface area contributed by atoms with Gasteiger partial charge in [-0.3, -0.25) is 0 Å². The van der Waals surface area contributed by atoms with E-state index in [9.17, 15) is 13.6 Å². The molecular weight excluding hydrogens is 210 g/mol. The van der Waals surface area contributed by atoms with Gasteiger partial charge >= 0.3 is 12.6 Å². The van der Waals surface area contributed by atoms with E-state index >= 15 is 0 Å². The predicted octanol–water partition coefficient (Wildman–Crippen LogP) is 1.99. The van der Waals surface area contributed by atoms with E-state index < -0.39 is 23.9 Å². The van der Waals surface area contributed by atoms with E-state index in [1.54, 1.807) is 0 Å². The highest BCUT2D eigenvalue weighted by molar-refractivity contribution is 5.94. The number of halogens is 2. The molecule has 0 saturated heterocycles. The van der Waals surface area contributed by atoms with Crippen LogP contribution in [0.1, 0.15) is 10.4 Å². The molecule has 1 N–H and O–H groups in total. The summed E-state index contributed by atoms with van der Waals surface area (Å²) in [4.78, 5) is 10.8. The molecule has 0 aliphatic rings. The largest absolute Gasteiger partial charge is 0.496 e. The second-order valence-electron chi connectivity index (χ2n) is 2.52. The Morgan fingerprint density at radius 3 is 2.47 bits per heavy atom. The lowest BCUT2D eigenvalue weighted by Gasteiger charge is -2.10. The van der Waals surface area contributed by atoms with E-state index in [2.05, 4.69) is 4.74 Å². The van der Waals surface area contributed by atoms with E-state index in [4.69, 9.17) is 9.84 Å². The van der Waals surface area contributed by atoms with Gasteiger partial charge in [0.25, 0.3) is 0 Å². The summed E-state index contributed by atoms with van der Waals surface area (Å²) in [6, 6.07) is 3.85. The van der Waals surface area contributed by atoms with Crippen molar-refractivity contribution in [3.05, 3.63) is 23.8 Å². The number of carboxylic acids is 1. The molecule has 4 nitrogen and oxygen atoms in total. The molecule has 0 heterocycles. The van der Waals surface area contributed by atoms with Gasteiger partial charge in [0.05, 0.1) is 7.11 Å². The molecule has 15 heavy (non-hydrogen) atoms. The zero-order chi connectivity index (χ0) is 11.4. The highest BCUT2D eigenvalue weighted by atomic mass is 19.3. The van der Waals surface area contributed by atoms with Crippen molar-refractivity contribution in [2.75, 3.05) is 7.11 Å². The van der Waals surface area contributed by atoms with Gasteiger partial charge in [0.15, 0.2) is 0 Å². The van der Waals surface area contributed by atoms with Crippen LogP contribution in [0, 0.1) is 0 Å². The van der Waals surface area contributed by atoms with Crippen LogP contribution in [-0.4, -0.2) is 24.8 Å². The smallest absolute Gasteiger partial charge is 0.387 e. The number of benzene rings is 1. The maximum Gasteiger partial charge on any atom is 0.387 e. The van der Waals surface area contributed by atoms with Crippen molar-refractivity contribution in [2.45, 2.75) is 6.61 Å². The average Bonchev–Trinajstić information content (AvgIpc) is 2.15. The van der Waals surface area contributed by atoms with Gasteiger partial charge in [-0.05, 0) is 12.1 Å².